The van der Waals surface area contributed by atoms with Gasteiger partial charge in [-0.05, 0) is 0 Å². The molecule has 90 valence electrons. The highest BCUT2D eigenvalue weighted by atomic mass is 35.5. The Labute approximate surface area is 104 Å². The van der Waals surface area contributed by atoms with Crippen molar-refractivity contribution in [3.05, 3.63) is 28.6 Å². The molecule has 0 aliphatic heterocycles. The van der Waals surface area contributed by atoms with E-state index in [2.05, 4.69) is 10.2 Å². The van der Waals surface area contributed by atoms with Crippen molar-refractivity contribution in [2.24, 2.45) is 0 Å². The normalized spacial score (nSPS) is 9.29. The second-order valence-corrected chi connectivity index (χ2v) is 3.46. The van der Waals surface area contributed by atoms with E-state index in [0.717, 1.165) is 0 Å². The Morgan fingerprint density at radius 1 is 1.41 bits per heavy atom. The van der Waals surface area contributed by atoms with Gasteiger partial charge in [-0.1, -0.05) is 11.6 Å². The summed E-state index contributed by atoms with van der Waals surface area (Å²) >= 11 is 5.91. The summed E-state index contributed by atoms with van der Waals surface area (Å²) in [4.78, 5) is 14.3. The Morgan fingerprint density at radius 2 is 2.06 bits per heavy atom. The van der Waals surface area contributed by atoms with Crippen molar-refractivity contribution in [1.82, 2.24) is 0 Å². The lowest BCUT2D eigenvalue weighted by Crippen LogP contribution is -2.14. The van der Waals surface area contributed by atoms with E-state index in [0.29, 0.717) is 22.2 Å². The molecule has 17 heavy (non-hydrogen) atoms. The molecule has 5 nitrogen and oxygen atoms in total. The van der Waals surface area contributed by atoms with E-state index in [1.54, 1.807) is 6.07 Å². The van der Waals surface area contributed by atoms with Crippen LogP contribution in [0.15, 0.2) is 12.1 Å². The molecule has 0 saturated carbocycles. The van der Waals surface area contributed by atoms with Gasteiger partial charge in [-0.15, -0.1) is 0 Å². The monoisotopic (exact) mass is 254 g/mol. The quantitative estimate of drug-likeness (QED) is 0.839. The van der Waals surface area contributed by atoms with E-state index in [-0.39, 0.29) is 6.54 Å². The number of anilines is 1. The zero-order valence-electron chi connectivity index (χ0n) is 9.41. The fourth-order valence-electron chi connectivity index (χ4n) is 1.22. The fraction of sp³-hybridized carbons (Fsp3) is 0.273. The van der Waals surface area contributed by atoms with Crippen molar-refractivity contribution in [2.75, 3.05) is 26.1 Å². The van der Waals surface area contributed by atoms with Crippen molar-refractivity contribution in [1.29, 1.82) is 0 Å². The van der Waals surface area contributed by atoms with Crippen molar-refractivity contribution in [2.45, 2.75) is 0 Å². The van der Waals surface area contributed by atoms with Gasteiger partial charge in [-0.25, -0.2) is 6.57 Å². The van der Waals surface area contributed by atoms with Gasteiger partial charge in [-0.3, -0.25) is 4.79 Å². The molecular weight excluding hydrogens is 244 g/mol. The number of halogens is 1. The van der Waals surface area contributed by atoms with Crippen LogP contribution in [0.3, 0.4) is 0 Å². The maximum absolute atomic E-state index is 11.3. The molecule has 1 rings (SSSR count). The molecule has 1 N–H and O–H groups in total. The van der Waals surface area contributed by atoms with Gasteiger partial charge in [0.15, 0.2) is 0 Å². The summed E-state index contributed by atoms with van der Waals surface area (Å²) in [5.41, 5.74) is 0.419. The summed E-state index contributed by atoms with van der Waals surface area (Å²) in [7, 11) is 2.93. The standard InChI is InChI=1S/C11H11ClN2O3/c1-13-6-11(15)14-8-5-9(16-2)7(12)4-10(8)17-3/h4-5H,6H2,2-3H3,(H,14,15). The van der Waals surface area contributed by atoms with E-state index < -0.39 is 5.91 Å². The minimum absolute atomic E-state index is 0.242. The molecule has 0 aliphatic carbocycles. The number of carbonyl (C=O) groups excluding carboxylic acids is 1. The highest BCUT2D eigenvalue weighted by Crippen LogP contribution is 2.35. The third kappa shape index (κ3) is 3.26. The first-order chi connectivity index (χ1) is 8.12. The summed E-state index contributed by atoms with van der Waals surface area (Å²) in [6.45, 7) is 6.36. The van der Waals surface area contributed by atoms with Gasteiger partial charge in [-0.2, -0.15) is 0 Å². The minimum Gasteiger partial charge on any atom is -0.495 e. The van der Waals surface area contributed by atoms with Crippen LogP contribution in [-0.2, 0) is 4.79 Å². The van der Waals surface area contributed by atoms with Crippen LogP contribution >= 0.6 is 11.6 Å². The number of ether oxygens (including phenoxy) is 2. The van der Waals surface area contributed by atoms with Crippen molar-refractivity contribution >= 4 is 23.2 Å². The van der Waals surface area contributed by atoms with Crippen LogP contribution in [0.4, 0.5) is 5.69 Å². The summed E-state index contributed by atoms with van der Waals surface area (Å²) in [5.74, 6) is 0.419. The maximum Gasteiger partial charge on any atom is 0.304 e. The first kappa shape index (κ1) is 13.1. The molecule has 0 fully saturated rings. The molecule has 1 aromatic rings. The Kier molecular flexibility index (Phi) is 4.61. The average Bonchev–Trinajstić information content (AvgIpc) is 2.31. The number of amides is 1. The number of carbonyl (C=O) groups is 1. The molecule has 0 saturated heterocycles. The van der Waals surface area contributed by atoms with Crippen LogP contribution in [0.1, 0.15) is 0 Å². The highest BCUT2D eigenvalue weighted by molar-refractivity contribution is 6.32. The SMILES string of the molecule is [C-]#[N+]CC(=O)Nc1cc(OC)c(Cl)cc1OC. The molecule has 0 spiro atoms. The van der Waals surface area contributed by atoms with Crippen LogP contribution in [0.25, 0.3) is 4.85 Å². The lowest BCUT2D eigenvalue weighted by molar-refractivity contribution is -0.114. The number of methoxy groups -OCH3 is 2. The van der Waals surface area contributed by atoms with Crippen molar-refractivity contribution in [3.8, 4) is 11.5 Å². The number of rotatable bonds is 4. The first-order valence-electron chi connectivity index (χ1n) is 4.67. The number of nitrogens with one attached hydrogen (secondary N) is 1. The molecule has 0 bridgehead atoms. The molecule has 0 heterocycles. The molecule has 1 amide bonds. The molecule has 0 aliphatic rings. The second kappa shape index (κ2) is 5.97. The Hall–Kier alpha value is -1.93. The zero-order chi connectivity index (χ0) is 12.8. The number of benzene rings is 1. The summed E-state index contributed by atoms with van der Waals surface area (Å²) in [6, 6.07) is 3.08. The van der Waals surface area contributed by atoms with Gasteiger partial charge in [0.05, 0.1) is 24.9 Å². The first-order valence-corrected chi connectivity index (χ1v) is 5.04. The van der Waals surface area contributed by atoms with E-state index in [1.165, 1.54) is 20.3 Å². The second-order valence-electron chi connectivity index (χ2n) is 3.05. The number of hydrogen-bond donors (Lipinski definition) is 1. The van der Waals surface area contributed by atoms with Gasteiger partial charge >= 0.3 is 5.91 Å². The van der Waals surface area contributed by atoms with E-state index >= 15 is 0 Å². The average molecular weight is 255 g/mol. The van der Waals surface area contributed by atoms with Gasteiger partial charge in [0.2, 0.25) is 0 Å². The summed E-state index contributed by atoms with van der Waals surface area (Å²) in [6.07, 6.45) is 0. The van der Waals surface area contributed by atoms with Crippen LogP contribution in [0, 0.1) is 6.57 Å². The van der Waals surface area contributed by atoms with Crippen molar-refractivity contribution in [3.63, 3.8) is 0 Å². The zero-order valence-corrected chi connectivity index (χ0v) is 10.2. The number of hydrogen-bond acceptors (Lipinski definition) is 3. The Balaban J connectivity index is 3.04. The lowest BCUT2D eigenvalue weighted by atomic mass is 10.2. The Morgan fingerprint density at radius 3 is 2.59 bits per heavy atom. The lowest BCUT2D eigenvalue weighted by Gasteiger charge is -2.11. The van der Waals surface area contributed by atoms with Gasteiger partial charge in [0.1, 0.15) is 11.5 Å². The van der Waals surface area contributed by atoms with Crippen LogP contribution in [-0.4, -0.2) is 26.7 Å². The van der Waals surface area contributed by atoms with Crippen molar-refractivity contribution < 1.29 is 14.3 Å². The smallest absolute Gasteiger partial charge is 0.304 e. The molecular formula is C11H11ClN2O3. The summed E-state index contributed by atoms with van der Waals surface area (Å²) in [5, 5.41) is 2.93. The van der Waals surface area contributed by atoms with Gasteiger partial charge in [0, 0.05) is 12.1 Å². The molecule has 0 aromatic heterocycles. The molecule has 0 unspecified atom stereocenters. The highest BCUT2D eigenvalue weighted by Gasteiger charge is 2.13. The van der Waals surface area contributed by atoms with Crippen LogP contribution in [0.2, 0.25) is 5.02 Å². The predicted octanol–water partition coefficient (Wildman–Crippen LogP) is 2.21. The predicted molar refractivity (Wildman–Crippen MR) is 64.7 cm³/mol. The summed E-state index contributed by atoms with van der Waals surface area (Å²) < 4.78 is 10.1. The van der Waals surface area contributed by atoms with E-state index in [1.807, 2.05) is 0 Å². The molecule has 0 atom stereocenters. The van der Waals surface area contributed by atoms with E-state index in [4.69, 9.17) is 27.6 Å². The van der Waals surface area contributed by atoms with Crippen LogP contribution in [0.5, 0.6) is 11.5 Å². The van der Waals surface area contributed by atoms with Gasteiger partial charge in [0.25, 0.3) is 6.54 Å². The molecule has 1 aromatic carbocycles. The third-order valence-electron chi connectivity index (χ3n) is 1.97. The molecule has 0 radical (unpaired) electrons. The van der Waals surface area contributed by atoms with Gasteiger partial charge < -0.3 is 19.6 Å². The minimum atomic E-state index is -0.414. The third-order valence-corrected chi connectivity index (χ3v) is 2.27. The number of nitrogens with zero attached hydrogens (tertiary/aromatic N) is 1. The molecule has 6 heteroatoms. The van der Waals surface area contributed by atoms with Crippen LogP contribution < -0.4 is 14.8 Å². The Bertz CT molecular complexity index is 469. The van der Waals surface area contributed by atoms with E-state index in [9.17, 15) is 4.79 Å². The maximum atomic E-state index is 11.3. The largest absolute Gasteiger partial charge is 0.495 e. The fourth-order valence-corrected chi connectivity index (χ4v) is 1.45. The topological polar surface area (TPSA) is 51.9 Å².